The standard InChI is InChI=1S/C21H21F3N6O3S/c1-13(31)25-20-30-29-19(34-20)8-3-2-6-15-9-10-17(28-27-15)26-18(32)12-14-5-4-7-16(11-14)33-21(22,23)24/h4-5,7,9-11H,2-3,6,8,12H2,1H3,(H,25,30,31)(H,26,28,32). The van der Waals surface area contributed by atoms with Crippen LogP contribution in [0.4, 0.5) is 24.1 Å². The van der Waals surface area contributed by atoms with Crippen molar-refractivity contribution in [2.24, 2.45) is 0 Å². The lowest BCUT2D eigenvalue weighted by Crippen LogP contribution is -2.18. The maximum atomic E-state index is 12.3. The van der Waals surface area contributed by atoms with E-state index in [4.69, 9.17) is 0 Å². The first-order valence-electron chi connectivity index (χ1n) is 10.2. The average molecular weight is 494 g/mol. The fourth-order valence-electron chi connectivity index (χ4n) is 2.92. The van der Waals surface area contributed by atoms with Gasteiger partial charge in [0.15, 0.2) is 5.82 Å². The third-order valence-electron chi connectivity index (χ3n) is 4.31. The molecule has 13 heteroatoms. The predicted octanol–water partition coefficient (Wildman–Crippen LogP) is 3.93. The number of anilines is 2. The largest absolute Gasteiger partial charge is 0.573 e. The van der Waals surface area contributed by atoms with Crippen LogP contribution in [0.5, 0.6) is 5.75 Å². The van der Waals surface area contributed by atoms with Gasteiger partial charge in [0.1, 0.15) is 10.8 Å². The van der Waals surface area contributed by atoms with Gasteiger partial charge in [0.2, 0.25) is 16.9 Å². The Hall–Kier alpha value is -3.61. The Morgan fingerprint density at radius 1 is 1.00 bits per heavy atom. The fourth-order valence-corrected chi connectivity index (χ4v) is 3.75. The van der Waals surface area contributed by atoms with E-state index in [1.54, 1.807) is 12.1 Å². The second-order valence-corrected chi connectivity index (χ2v) is 8.28. The van der Waals surface area contributed by atoms with Gasteiger partial charge < -0.3 is 15.4 Å². The van der Waals surface area contributed by atoms with Crippen LogP contribution in [0.2, 0.25) is 0 Å². The van der Waals surface area contributed by atoms with E-state index < -0.39 is 12.3 Å². The molecule has 0 radical (unpaired) electrons. The van der Waals surface area contributed by atoms with E-state index in [1.807, 2.05) is 0 Å². The Labute approximate surface area is 196 Å². The van der Waals surface area contributed by atoms with Crippen molar-refractivity contribution >= 4 is 34.1 Å². The van der Waals surface area contributed by atoms with Crippen LogP contribution in [0.3, 0.4) is 0 Å². The zero-order chi connectivity index (χ0) is 24.6. The first-order valence-corrected chi connectivity index (χ1v) is 11.0. The molecule has 180 valence electrons. The number of unbranched alkanes of at least 4 members (excludes halogenated alkanes) is 1. The highest BCUT2D eigenvalue weighted by atomic mass is 32.1. The molecule has 0 fully saturated rings. The molecule has 0 spiro atoms. The normalized spacial score (nSPS) is 11.2. The zero-order valence-corrected chi connectivity index (χ0v) is 18.9. The van der Waals surface area contributed by atoms with Crippen LogP contribution in [-0.4, -0.2) is 38.6 Å². The first kappa shape index (κ1) is 25.0. The number of aromatic nitrogens is 4. The summed E-state index contributed by atoms with van der Waals surface area (Å²) in [6.45, 7) is 1.41. The summed E-state index contributed by atoms with van der Waals surface area (Å²) in [5.74, 6) is -0.774. The number of carbonyl (C=O) groups excluding carboxylic acids is 2. The number of alkyl halides is 3. The lowest BCUT2D eigenvalue weighted by molar-refractivity contribution is -0.274. The summed E-state index contributed by atoms with van der Waals surface area (Å²) in [6, 6.07) is 8.60. The average Bonchev–Trinajstić information content (AvgIpc) is 3.18. The molecule has 34 heavy (non-hydrogen) atoms. The molecule has 2 amide bonds. The number of hydrogen-bond acceptors (Lipinski definition) is 8. The van der Waals surface area contributed by atoms with Crippen molar-refractivity contribution in [2.45, 2.75) is 45.4 Å². The van der Waals surface area contributed by atoms with E-state index in [2.05, 4.69) is 35.8 Å². The molecule has 0 bridgehead atoms. The van der Waals surface area contributed by atoms with Crippen LogP contribution in [0, 0.1) is 0 Å². The maximum Gasteiger partial charge on any atom is 0.573 e. The van der Waals surface area contributed by atoms with Gasteiger partial charge >= 0.3 is 6.36 Å². The minimum absolute atomic E-state index is 0.145. The first-order chi connectivity index (χ1) is 16.2. The van der Waals surface area contributed by atoms with Gasteiger partial charge in [-0.25, -0.2) is 0 Å². The molecule has 3 aromatic rings. The Bertz CT molecular complexity index is 1120. The Morgan fingerprint density at radius 2 is 1.79 bits per heavy atom. The number of nitrogens with one attached hydrogen (secondary N) is 2. The maximum absolute atomic E-state index is 12.3. The molecule has 0 saturated heterocycles. The highest BCUT2D eigenvalue weighted by Crippen LogP contribution is 2.23. The number of amides is 2. The number of benzene rings is 1. The molecule has 0 atom stereocenters. The summed E-state index contributed by atoms with van der Waals surface area (Å²) < 4.78 is 40.9. The zero-order valence-electron chi connectivity index (χ0n) is 18.1. The van der Waals surface area contributed by atoms with Gasteiger partial charge in [0, 0.05) is 13.3 Å². The van der Waals surface area contributed by atoms with E-state index in [0.29, 0.717) is 17.1 Å². The lowest BCUT2D eigenvalue weighted by Gasteiger charge is -2.10. The van der Waals surface area contributed by atoms with Crippen molar-refractivity contribution < 1.29 is 27.5 Å². The minimum Gasteiger partial charge on any atom is -0.406 e. The van der Waals surface area contributed by atoms with Crippen molar-refractivity contribution in [3.63, 3.8) is 0 Å². The molecule has 3 rings (SSSR count). The SMILES string of the molecule is CC(=O)Nc1nnc(CCCCc2ccc(NC(=O)Cc3cccc(OC(F)(F)F)c3)nn2)s1. The number of aryl methyl sites for hydroxylation is 2. The third kappa shape index (κ3) is 8.73. The molecule has 0 saturated carbocycles. The van der Waals surface area contributed by atoms with E-state index in [9.17, 15) is 22.8 Å². The highest BCUT2D eigenvalue weighted by Gasteiger charge is 2.31. The Morgan fingerprint density at radius 3 is 2.50 bits per heavy atom. The van der Waals surface area contributed by atoms with Crippen LogP contribution < -0.4 is 15.4 Å². The van der Waals surface area contributed by atoms with Gasteiger partial charge in [-0.1, -0.05) is 23.5 Å². The van der Waals surface area contributed by atoms with E-state index in [-0.39, 0.29) is 23.9 Å². The highest BCUT2D eigenvalue weighted by molar-refractivity contribution is 7.15. The molecule has 0 aliphatic rings. The minimum atomic E-state index is -4.80. The van der Waals surface area contributed by atoms with Crippen LogP contribution in [0.15, 0.2) is 36.4 Å². The topological polar surface area (TPSA) is 119 Å². The van der Waals surface area contributed by atoms with Crippen LogP contribution in [-0.2, 0) is 28.9 Å². The number of hydrogen-bond donors (Lipinski definition) is 2. The van der Waals surface area contributed by atoms with Crippen molar-refractivity contribution in [3.05, 3.63) is 52.7 Å². The van der Waals surface area contributed by atoms with Gasteiger partial charge in [0.25, 0.3) is 0 Å². The fraction of sp³-hybridized carbons (Fsp3) is 0.333. The Kier molecular flexibility index (Phi) is 8.46. The van der Waals surface area contributed by atoms with Gasteiger partial charge in [-0.15, -0.1) is 28.5 Å². The van der Waals surface area contributed by atoms with E-state index >= 15 is 0 Å². The smallest absolute Gasteiger partial charge is 0.406 e. The van der Waals surface area contributed by atoms with Crippen molar-refractivity contribution in [3.8, 4) is 5.75 Å². The van der Waals surface area contributed by atoms with Crippen LogP contribution in [0.25, 0.3) is 0 Å². The molecule has 1 aromatic carbocycles. The van der Waals surface area contributed by atoms with Gasteiger partial charge in [-0.3, -0.25) is 9.59 Å². The third-order valence-corrected chi connectivity index (χ3v) is 5.21. The summed E-state index contributed by atoms with van der Waals surface area (Å²) in [4.78, 5) is 23.2. The second-order valence-electron chi connectivity index (χ2n) is 7.22. The molecular formula is C21H21F3N6O3S. The summed E-state index contributed by atoms with van der Waals surface area (Å²) >= 11 is 1.34. The summed E-state index contributed by atoms with van der Waals surface area (Å²) in [7, 11) is 0. The molecular weight excluding hydrogens is 473 g/mol. The van der Waals surface area contributed by atoms with E-state index in [1.165, 1.54) is 30.4 Å². The van der Waals surface area contributed by atoms with Gasteiger partial charge in [-0.05, 0) is 49.1 Å². The number of carbonyl (C=O) groups is 2. The number of halogens is 3. The second kappa shape index (κ2) is 11.5. The van der Waals surface area contributed by atoms with E-state index in [0.717, 1.165) is 42.1 Å². The van der Waals surface area contributed by atoms with Gasteiger partial charge in [0.05, 0.1) is 12.1 Å². The molecule has 2 N–H and O–H groups in total. The van der Waals surface area contributed by atoms with Crippen LogP contribution in [0.1, 0.15) is 36.0 Å². The van der Waals surface area contributed by atoms with Crippen molar-refractivity contribution in [1.29, 1.82) is 0 Å². The monoisotopic (exact) mass is 494 g/mol. The molecule has 9 nitrogen and oxygen atoms in total. The predicted molar refractivity (Wildman–Crippen MR) is 118 cm³/mol. The summed E-state index contributed by atoms with van der Waals surface area (Å²) in [5.41, 5.74) is 1.12. The quantitative estimate of drug-likeness (QED) is 0.410. The van der Waals surface area contributed by atoms with Gasteiger partial charge in [-0.2, -0.15) is 5.10 Å². The van der Waals surface area contributed by atoms with Crippen molar-refractivity contribution in [1.82, 2.24) is 20.4 Å². The summed E-state index contributed by atoms with van der Waals surface area (Å²) in [6.07, 6.45) is -1.84. The molecule has 0 unspecified atom stereocenters. The van der Waals surface area contributed by atoms with Crippen LogP contribution >= 0.6 is 11.3 Å². The molecule has 0 aliphatic carbocycles. The van der Waals surface area contributed by atoms with Crippen molar-refractivity contribution in [2.75, 3.05) is 10.6 Å². The molecule has 2 aromatic heterocycles. The molecule has 2 heterocycles. The number of rotatable bonds is 10. The number of nitrogens with zero attached hydrogens (tertiary/aromatic N) is 4. The Balaban J connectivity index is 1.41. The lowest BCUT2D eigenvalue weighted by atomic mass is 10.1. The summed E-state index contributed by atoms with van der Waals surface area (Å²) in [5, 5.41) is 22.5. The number of ether oxygens (including phenoxy) is 1. The molecule has 0 aliphatic heterocycles.